The molecule has 2 aliphatic heterocycles. The highest BCUT2D eigenvalue weighted by atomic mass is 32.2. The predicted molar refractivity (Wildman–Crippen MR) is 166 cm³/mol. The van der Waals surface area contributed by atoms with Crippen LogP contribution in [0.25, 0.3) is 10.8 Å². The van der Waals surface area contributed by atoms with Gasteiger partial charge in [0.25, 0.3) is 0 Å². The molecule has 1 amide bonds. The third-order valence-corrected chi connectivity index (χ3v) is 10.4. The van der Waals surface area contributed by atoms with Gasteiger partial charge in [-0.3, -0.25) is 9.69 Å². The molecule has 2 heterocycles. The lowest BCUT2D eigenvalue weighted by atomic mass is 10.0. The average molecular weight is 592 g/mol. The van der Waals surface area contributed by atoms with Gasteiger partial charge in [-0.2, -0.15) is 0 Å². The molecule has 0 aromatic heterocycles. The molecule has 2 saturated heterocycles. The summed E-state index contributed by atoms with van der Waals surface area (Å²) in [6.45, 7) is 8.86. The van der Waals surface area contributed by atoms with Crippen molar-refractivity contribution in [2.24, 2.45) is 0 Å². The Morgan fingerprint density at radius 3 is 2.52 bits per heavy atom. The Morgan fingerprint density at radius 1 is 1.05 bits per heavy atom. The second-order valence-corrected chi connectivity index (χ2v) is 13.2. The summed E-state index contributed by atoms with van der Waals surface area (Å²) in [6.07, 6.45) is 4.00. The number of morpholine rings is 1. The Hall–Kier alpha value is -3.08. The van der Waals surface area contributed by atoms with Crippen molar-refractivity contribution < 1.29 is 22.7 Å². The molecular weight excluding hydrogens is 550 g/mol. The van der Waals surface area contributed by atoms with E-state index in [9.17, 15) is 13.2 Å². The zero-order valence-corrected chi connectivity index (χ0v) is 24.9. The summed E-state index contributed by atoms with van der Waals surface area (Å²) in [5.41, 5.74) is 1.65. The molecule has 0 radical (unpaired) electrons. The Morgan fingerprint density at radius 2 is 1.79 bits per heavy atom. The van der Waals surface area contributed by atoms with E-state index in [1.807, 2.05) is 54.6 Å². The largest absolute Gasteiger partial charge is 0.379 e. The van der Waals surface area contributed by atoms with Gasteiger partial charge in [-0.1, -0.05) is 79.2 Å². The highest BCUT2D eigenvalue weighted by Gasteiger charge is 2.41. The topological polar surface area (TPSA) is 97.0 Å². The third-order valence-electron chi connectivity index (χ3n) is 8.10. The number of rotatable bonds is 12. The Kier molecular flexibility index (Phi) is 10.4. The van der Waals surface area contributed by atoms with Crippen molar-refractivity contribution in [3.63, 3.8) is 0 Å². The van der Waals surface area contributed by atoms with Crippen LogP contribution >= 0.6 is 0 Å². The number of piperidine rings is 1. The summed E-state index contributed by atoms with van der Waals surface area (Å²) in [6, 6.07) is 21.1. The number of benzene rings is 3. The van der Waals surface area contributed by atoms with E-state index in [0.717, 1.165) is 62.0 Å². The number of sulfone groups is 1. The Bertz CT molecular complexity index is 1440. The number of amides is 1. The minimum absolute atomic E-state index is 0.338. The summed E-state index contributed by atoms with van der Waals surface area (Å²) < 4.78 is 39.8. The van der Waals surface area contributed by atoms with Crippen LogP contribution in [0.1, 0.15) is 41.2 Å². The minimum Gasteiger partial charge on any atom is -0.379 e. The molecule has 9 heteroatoms. The van der Waals surface area contributed by atoms with Gasteiger partial charge in [0, 0.05) is 32.2 Å². The highest BCUT2D eigenvalue weighted by Crippen LogP contribution is 2.35. The molecule has 8 nitrogen and oxygen atoms in total. The van der Waals surface area contributed by atoms with Crippen molar-refractivity contribution in [2.45, 2.75) is 49.1 Å². The SMILES string of the molecule is C=CC(c1cccc2ccccc12)S(=O)(=O)C(OCC(=O)NCc1ccc(CN2CCOCC2)cc1)C1CCCCN1. The predicted octanol–water partition coefficient (Wildman–Crippen LogP) is 4.12. The summed E-state index contributed by atoms with van der Waals surface area (Å²) in [5.74, 6) is -0.358. The van der Waals surface area contributed by atoms with Crippen LogP contribution in [0.4, 0.5) is 0 Å². The quantitative estimate of drug-likeness (QED) is 0.306. The van der Waals surface area contributed by atoms with E-state index >= 15 is 0 Å². The molecule has 2 fully saturated rings. The molecule has 3 atom stereocenters. The average Bonchev–Trinajstić information content (AvgIpc) is 3.02. The number of carbonyl (C=O) groups is 1. The number of hydrogen-bond acceptors (Lipinski definition) is 7. The molecule has 42 heavy (non-hydrogen) atoms. The van der Waals surface area contributed by atoms with Crippen molar-refractivity contribution >= 4 is 26.5 Å². The lowest BCUT2D eigenvalue weighted by molar-refractivity contribution is -0.126. The van der Waals surface area contributed by atoms with Crippen LogP contribution in [0, 0.1) is 0 Å². The van der Waals surface area contributed by atoms with Crippen LogP contribution in [0.3, 0.4) is 0 Å². The summed E-state index contributed by atoms with van der Waals surface area (Å²) in [5, 5.41) is 7.05. The van der Waals surface area contributed by atoms with Gasteiger partial charge in [0.15, 0.2) is 15.3 Å². The molecule has 0 aliphatic carbocycles. The maximum absolute atomic E-state index is 14.2. The molecule has 2 aliphatic rings. The van der Waals surface area contributed by atoms with Crippen LogP contribution in [0.15, 0.2) is 79.4 Å². The molecule has 0 bridgehead atoms. The number of hydrogen-bond donors (Lipinski definition) is 2. The van der Waals surface area contributed by atoms with Gasteiger partial charge < -0.3 is 20.1 Å². The molecule has 0 spiro atoms. The van der Waals surface area contributed by atoms with Gasteiger partial charge in [0.2, 0.25) is 5.91 Å². The van der Waals surface area contributed by atoms with Crippen molar-refractivity contribution in [1.29, 1.82) is 0 Å². The number of ether oxygens (including phenoxy) is 2. The van der Waals surface area contributed by atoms with Crippen molar-refractivity contribution in [1.82, 2.24) is 15.5 Å². The van der Waals surface area contributed by atoms with Gasteiger partial charge in [-0.25, -0.2) is 8.42 Å². The molecular formula is C33H41N3O5S. The summed E-state index contributed by atoms with van der Waals surface area (Å²) >= 11 is 0. The Balaban J connectivity index is 1.24. The first-order valence-electron chi connectivity index (χ1n) is 14.8. The zero-order valence-electron chi connectivity index (χ0n) is 24.0. The van der Waals surface area contributed by atoms with Crippen molar-refractivity contribution in [3.05, 3.63) is 96.1 Å². The standard InChI is InChI=1S/C33H41N3O5S/c1-2-31(29-11-7-9-27-8-3-4-10-28(27)29)42(38,39)33(30-12-5-6-17-34-30)41-24-32(37)35-22-25-13-15-26(16-14-25)23-36-18-20-40-21-19-36/h2-4,7-11,13-16,30-31,33-34H,1,5-6,12,17-24H2,(H,35,37). The first kappa shape index (κ1) is 30.4. The van der Waals surface area contributed by atoms with Gasteiger partial charge in [-0.05, 0) is 46.8 Å². The van der Waals surface area contributed by atoms with E-state index < -0.39 is 26.6 Å². The molecule has 3 unspecified atom stereocenters. The molecule has 224 valence electrons. The fraction of sp³-hybridized carbons (Fsp3) is 0.424. The first-order valence-corrected chi connectivity index (χ1v) is 16.4. The normalized spacial score (nSPS) is 19.7. The van der Waals surface area contributed by atoms with E-state index in [4.69, 9.17) is 9.47 Å². The third kappa shape index (κ3) is 7.46. The van der Waals surface area contributed by atoms with Gasteiger partial charge in [-0.15, -0.1) is 6.58 Å². The number of nitrogens with zero attached hydrogens (tertiary/aromatic N) is 1. The number of carbonyl (C=O) groups excluding carboxylic acids is 1. The van der Waals surface area contributed by atoms with Gasteiger partial charge in [0.1, 0.15) is 11.9 Å². The van der Waals surface area contributed by atoms with Crippen molar-refractivity contribution in [3.8, 4) is 0 Å². The van der Waals surface area contributed by atoms with Crippen LogP contribution in [0.2, 0.25) is 0 Å². The molecule has 3 aromatic rings. The Labute approximate surface area is 249 Å². The van der Waals surface area contributed by atoms with E-state index in [0.29, 0.717) is 25.1 Å². The monoisotopic (exact) mass is 591 g/mol. The molecule has 2 N–H and O–H groups in total. The fourth-order valence-corrected chi connectivity index (χ4v) is 7.89. The van der Waals surface area contributed by atoms with Crippen LogP contribution in [-0.2, 0) is 37.2 Å². The van der Waals surface area contributed by atoms with E-state index in [-0.39, 0.29) is 12.5 Å². The number of nitrogens with one attached hydrogen (secondary N) is 2. The first-order chi connectivity index (χ1) is 20.5. The fourth-order valence-electron chi connectivity index (χ4n) is 5.82. The maximum Gasteiger partial charge on any atom is 0.246 e. The smallest absolute Gasteiger partial charge is 0.246 e. The van der Waals surface area contributed by atoms with Crippen LogP contribution in [-0.4, -0.2) is 70.2 Å². The molecule has 3 aromatic carbocycles. The van der Waals surface area contributed by atoms with Gasteiger partial charge >= 0.3 is 0 Å². The van der Waals surface area contributed by atoms with E-state index in [1.54, 1.807) is 0 Å². The van der Waals surface area contributed by atoms with Gasteiger partial charge in [0.05, 0.1) is 13.2 Å². The minimum atomic E-state index is -3.93. The van der Waals surface area contributed by atoms with Crippen LogP contribution < -0.4 is 10.6 Å². The lowest BCUT2D eigenvalue weighted by Crippen LogP contribution is -2.50. The van der Waals surface area contributed by atoms with E-state index in [2.05, 4.69) is 34.2 Å². The van der Waals surface area contributed by atoms with Crippen LogP contribution in [0.5, 0.6) is 0 Å². The highest BCUT2D eigenvalue weighted by molar-refractivity contribution is 7.92. The second kappa shape index (κ2) is 14.4. The maximum atomic E-state index is 14.2. The number of fused-ring (bicyclic) bond motifs is 1. The lowest BCUT2D eigenvalue weighted by Gasteiger charge is -2.33. The molecule has 5 rings (SSSR count). The van der Waals surface area contributed by atoms with E-state index in [1.165, 1.54) is 11.6 Å². The van der Waals surface area contributed by atoms with Crippen molar-refractivity contribution in [2.75, 3.05) is 39.5 Å². The zero-order chi connectivity index (χ0) is 29.4. The summed E-state index contributed by atoms with van der Waals surface area (Å²) in [7, 11) is -3.93. The molecule has 0 saturated carbocycles. The summed E-state index contributed by atoms with van der Waals surface area (Å²) in [4.78, 5) is 15.2. The second-order valence-electron chi connectivity index (χ2n) is 11.0.